The maximum absolute atomic E-state index is 11.4. The van der Waals surface area contributed by atoms with Crippen LogP contribution in [0.25, 0.3) is 0 Å². The fraction of sp³-hybridized carbons (Fsp3) is 0.875. The highest BCUT2D eigenvalue weighted by atomic mass is 32.2. The topological polar surface area (TPSA) is 46.3 Å². The van der Waals surface area contributed by atoms with E-state index in [1.807, 2.05) is 4.90 Å². The molecule has 0 aliphatic carbocycles. The quantitative estimate of drug-likeness (QED) is 0.672. The lowest BCUT2D eigenvalue weighted by molar-refractivity contribution is -0.135. The molecule has 1 aliphatic rings. The molecule has 70 valence electrons. The van der Waals surface area contributed by atoms with Crippen molar-refractivity contribution in [3.8, 4) is 0 Å². The molecular formula is C8H16N2OS. The number of likely N-dealkylation sites (tertiary alicyclic amines) is 1. The van der Waals surface area contributed by atoms with Crippen LogP contribution in [0.2, 0.25) is 0 Å². The number of nitrogens with zero attached hydrogens (tertiary/aromatic N) is 1. The standard InChI is InChI=1S/C8H16N2OS/c1-7-3-2-4-8(11)10(7)5-6-12-9/h7H,2-6,9H2,1H3. The summed E-state index contributed by atoms with van der Waals surface area (Å²) in [6, 6.07) is 0.415. The summed E-state index contributed by atoms with van der Waals surface area (Å²) < 4.78 is 0. The first-order chi connectivity index (χ1) is 5.75. The normalized spacial score (nSPS) is 24.7. The summed E-state index contributed by atoms with van der Waals surface area (Å²) in [4.78, 5) is 13.3. The van der Waals surface area contributed by atoms with Gasteiger partial charge in [-0.25, -0.2) is 0 Å². The Labute approximate surface area is 77.8 Å². The van der Waals surface area contributed by atoms with Gasteiger partial charge in [0.2, 0.25) is 5.91 Å². The fourth-order valence-corrected chi connectivity index (χ4v) is 1.89. The second-order valence-electron chi connectivity index (χ2n) is 3.20. The molecule has 0 aromatic rings. The van der Waals surface area contributed by atoms with Gasteiger partial charge in [0.25, 0.3) is 0 Å². The molecule has 0 aromatic heterocycles. The van der Waals surface area contributed by atoms with Gasteiger partial charge in [-0.2, -0.15) is 0 Å². The molecule has 1 saturated heterocycles. The summed E-state index contributed by atoms with van der Waals surface area (Å²) in [7, 11) is 0. The Balaban J connectivity index is 2.40. The van der Waals surface area contributed by atoms with Crippen LogP contribution in [0.4, 0.5) is 0 Å². The van der Waals surface area contributed by atoms with Gasteiger partial charge in [0.1, 0.15) is 0 Å². The van der Waals surface area contributed by atoms with Gasteiger partial charge >= 0.3 is 0 Å². The first-order valence-corrected chi connectivity index (χ1v) is 5.41. The van der Waals surface area contributed by atoms with Gasteiger partial charge in [-0.05, 0) is 19.8 Å². The summed E-state index contributed by atoms with van der Waals surface area (Å²) in [5, 5.41) is 5.32. The molecule has 1 fully saturated rings. The van der Waals surface area contributed by atoms with Crippen LogP contribution in [0.15, 0.2) is 0 Å². The van der Waals surface area contributed by atoms with Gasteiger partial charge < -0.3 is 4.90 Å². The molecule has 2 N–H and O–H groups in total. The Bertz CT molecular complexity index is 163. The number of carbonyl (C=O) groups excluding carboxylic acids is 1. The zero-order valence-electron chi connectivity index (χ0n) is 7.45. The van der Waals surface area contributed by atoms with E-state index in [2.05, 4.69) is 6.92 Å². The van der Waals surface area contributed by atoms with Gasteiger partial charge in [0.05, 0.1) is 0 Å². The minimum atomic E-state index is 0.294. The van der Waals surface area contributed by atoms with Crippen molar-refractivity contribution in [2.24, 2.45) is 5.14 Å². The molecule has 0 saturated carbocycles. The summed E-state index contributed by atoms with van der Waals surface area (Å²) in [5.41, 5.74) is 0. The zero-order chi connectivity index (χ0) is 8.97. The van der Waals surface area contributed by atoms with Crippen molar-refractivity contribution < 1.29 is 4.79 Å². The van der Waals surface area contributed by atoms with E-state index in [0.717, 1.165) is 31.6 Å². The van der Waals surface area contributed by atoms with Gasteiger partial charge in [-0.3, -0.25) is 9.93 Å². The Morgan fingerprint density at radius 3 is 3.08 bits per heavy atom. The van der Waals surface area contributed by atoms with Crippen LogP contribution in [-0.2, 0) is 4.79 Å². The Morgan fingerprint density at radius 2 is 2.50 bits per heavy atom. The van der Waals surface area contributed by atoms with Crippen LogP contribution < -0.4 is 5.14 Å². The molecule has 3 nitrogen and oxygen atoms in total. The Kier molecular flexibility index (Phi) is 3.88. The van der Waals surface area contributed by atoms with Crippen molar-refractivity contribution >= 4 is 17.9 Å². The molecule has 1 rings (SSSR count). The van der Waals surface area contributed by atoms with Gasteiger partial charge in [-0.15, -0.1) is 0 Å². The third kappa shape index (κ3) is 2.38. The highest BCUT2D eigenvalue weighted by Gasteiger charge is 2.23. The average molecular weight is 188 g/mol. The number of amides is 1. The summed E-state index contributed by atoms with van der Waals surface area (Å²) >= 11 is 1.31. The number of rotatable bonds is 3. The van der Waals surface area contributed by atoms with E-state index in [0.29, 0.717) is 11.9 Å². The van der Waals surface area contributed by atoms with Gasteiger partial charge in [0.15, 0.2) is 0 Å². The molecule has 0 aromatic carbocycles. The zero-order valence-corrected chi connectivity index (χ0v) is 8.27. The SMILES string of the molecule is CC1CCCC(=O)N1CCSN. The summed E-state index contributed by atoms with van der Waals surface area (Å²) in [6.45, 7) is 2.92. The lowest BCUT2D eigenvalue weighted by Gasteiger charge is -2.33. The predicted octanol–water partition coefficient (Wildman–Crippen LogP) is 0.994. The van der Waals surface area contributed by atoms with Crippen molar-refractivity contribution in [1.82, 2.24) is 4.90 Å². The minimum absolute atomic E-state index is 0.294. The molecule has 0 bridgehead atoms. The maximum Gasteiger partial charge on any atom is 0.222 e. The molecule has 1 aliphatic heterocycles. The summed E-state index contributed by atoms with van der Waals surface area (Å²) in [5.74, 6) is 1.14. The lowest BCUT2D eigenvalue weighted by atomic mass is 10.0. The van der Waals surface area contributed by atoms with Crippen molar-refractivity contribution in [1.29, 1.82) is 0 Å². The first kappa shape index (κ1) is 9.86. The molecular weight excluding hydrogens is 172 g/mol. The van der Waals surface area contributed by atoms with Crippen molar-refractivity contribution in [2.45, 2.75) is 32.2 Å². The van der Waals surface area contributed by atoms with Crippen LogP contribution >= 0.6 is 11.9 Å². The third-order valence-electron chi connectivity index (χ3n) is 2.31. The van der Waals surface area contributed by atoms with E-state index in [-0.39, 0.29) is 0 Å². The molecule has 1 heterocycles. The molecule has 1 amide bonds. The highest BCUT2D eigenvalue weighted by Crippen LogP contribution is 2.17. The van der Waals surface area contributed by atoms with E-state index in [1.54, 1.807) is 0 Å². The van der Waals surface area contributed by atoms with Crippen LogP contribution in [0, 0.1) is 0 Å². The molecule has 4 heteroatoms. The minimum Gasteiger partial charge on any atom is -0.339 e. The molecule has 0 radical (unpaired) electrons. The summed E-state index contributed by atoms with van der Waals surface area (Å²) in [6.07, 6.45) is 2.91. The number of piperidine rings is 1. The van der Waals surface area contributed by atoms with Crippen LogP contribution in [0.3, 0.4) is 0 Å². The van der Waals surface area contributed by atoms with Crippen LogP contribution in [0.5, 0.6) is 0 Å². The molecule has 1 atom stereocenters. The largest absolute Gasteiger partial charge is 0.339 e. The van der Waals surface area contributed by atoms with Gasteiger partial charge in [0, 0.05) is 24.8 Å². The number of nitrogens with two attached hydrogens (primary N) is 1. The van der Waals surface area contributed by atoms with E-state index in [4.69, 9.17) is 5.14 Å². The van der Waals surface area contributed by atoms with E-state index in [9.17, 15) is 4.79 Å². The van der Waals surface area contributed by atoms with Crippen LogP contribution in [-0.4, -0.2) is 29.1 Å². The Hall–Kier alpha value is -0.220. The van der Waals surface area contributed by atoms with Crippen molar-refractivity contribution in [3.63, 3.8) is 0 Å². The second kappa shape index (κ2) is 4.72. The predicted molar refractivity (Wildman–Crippen MR) is 51.7 cm³/mol. The van der Waals surface area contributed by atoms with E-state index < -0.39 is 0 Å². The third-order valence-corrected chi connectivity index (χ3v) is 2.73. The number of hydrogen-bond donors (Lipinski definition) is 1. The monoisotopic (exact) mass is 188 g/mol. The molecule has 0 spiro atoms. The van der Waals surface area contributed by atoms with Gasteiger partial charge in [-0.1, -0.05) is 11.9 Å². The van der Waals surface area contributed by atoms with Crippen LogP contribution in [0.1, 0.15) is 26.2 Å². The maximum atomic E-state index is 11.4. The highest BCUT2D eigenvalue weighted by molar-refractivity contribution is 7.97. The lowest BCUT2D eigenvalue weighted by Crippen LogP contribution is -2.43. The van der Waals surface area contributed by atoms with E-state index in [1.165, 1.54) is 11.9 Å². The average Bonchev–Trinajstić information content (AvgIpc) is 2.04. The van der Waals surface area contributed by atoms with Crippen molar-refractivity contribution in [3.05, 3.63) is 0 Å². The van der Waals surface area contributed by atoms with Crippen molar-refractivity contribution in [2.75, 3.05) is 12.3 Å². The fourth-order valence-electron chi connectivity index (χ4n) is 1.59. The number of hydrogen-bond acceptors (Lipinski definition) is 3. The first-order valence-electron chi connectivity index (χ1n) is 4.37. The second-order valence-corrected chi connectivity index (χ2v) is 3.94. The Morgan fingerprint density at radius 1 is 1.75 bits per heavy atom. The molecule has 1 unspecified atom stereocenters. The number of carbonyl (C=O) groups is 1. The molecule has 12 heavy (non-hydrogen) atoms. The van der Waals surface area contributed by atoms with E-state index >= 15 is 0 Å². The smallest absolute Gasteiger partial charge is 0.222 e.